The molecule has 2 aromatic rings. The fraction of sp³-hybridized carbons (Fsp3) is 0.0909. The monoisotopic (exact) mass is 220 g/mol. The van der Waals surface area contributed by atoms with Crippen molar-refractivity contribution in [1.29, 1.82) is 0 Å². The van der Waals surface area contributed by atoms with E-state index in [9.17, 15) is 9.59 Å². The van der Waals surface area contributed by atoms with Crippen molar-refractivity contribution in [1.82, 2.24) is 0 Å². The highest BCUT2D eigenvalue weighted by Crippen LogP contribution is 2.16. The third-order valence-electron chi connectivity index (χ3n) is 1.95. The molecule has 0 unspecified atom stereocenters. The first kappa shape index (κ1) is 10.2. The van der Waals surface area contributed by atoms with Crippen molar-refractivity contribution in [2.45, 2.75) is 0 Å². The summed E-state index contributed by atoms with van der Waals surface area (Å²) < 4.78 is 10.00. The minimum Gasteiger partial charge on any atom is -0.479 e. The van der Waals surface area contributed by atoms with E-state index in [1.165, 1.54) is 0 Å². The van der Waals surface area contributed by atoms with E-state index in [1.54, 1.807) is 24.3 Å². The molecule has 0 spiro atoms. The van der Waals surface area contributed by atoms with Gasteiger partial charge in [-0.05, 0) is 12.1 Å². The minimum atomic E-state index is -1.13. The molecule has 0 aliphatic carbocycles. The Hall–Kier alpha value is -2.30. The van der Waals surface area contributed by atoms with Gasteiger partial charge in [0.1, 0.15) is 5.58 Å². The Morgan fingerprint density at radius 3 is 2.88 bits per heavy atom. The summed E-state index contributed by atoms with van der Waals surface area (Å²) in [6, 6.07) is 7.81. The standard InChI is InChI=1S/C11H8O5/c12-8-5-11(15-6-10(13)14)16-9-4-2-1-3-7(8)9/h1-5H,6H2,(H,13,14). The molecular weight excluding hydrogens is 212 g/mol. The first-order valence-electron chi connectivity index (χ1n) is 4.54. The smallest absolute Gasteiger partial charge is 0.341 e. The van der Waals surface area contributed by atoms with Crippen LogP contribution in [0, 0.1) is 0 Å². The van der Waals surface area contributed by atoms with Crippen molar-refractivity contribution in [3.05, 3.63) is 40.6 Å². The molecule has 2 rings (SSSR count). The number of carboxylic acids is 1. The highest BCUT2D eigenvalue weighted by Gasteiger charge is 2.06. The van der Waals surface area contributed by atoms with Crippen molar-refractivity contribution in [2.24, 2.45) is 0 Å². The van der Waals surface area contributed by atoms with Crippen LogP contribution in [-0.2, 0) is 4.79 Å². The molecule has 16 heavy (non-hydrogen) atoms. The van der Waals surface area contributed by atoms with Gasteiger partial charge in [0.2, 0.25) is 0 Å². The van der Waals surface area contributed by atoms with Gasteiger partial charge in [0.25, 0.3) is 5.95 Å². The van der Waals surface area contributed by atoms with Gasteiger partial charge in [-0.1, -0.05) is 12.1 Å². The first-order valence-corrected chi connectivity index (χ1v) is 4.54. The van der Waals surface area contributed by atoms with E-state index in [2.05, 4.69) is 0 Å². The number of benzene rings is 1. The summed E-state index contributed by atoms with van der Waals surface area (Å²) in [6.07, 6.45) is 0. The molecule has 0 aliphatic rings. The summed E-state index contributed by atoms with van der Waals surface area (Å²) >= 11 is 0. The molecule has 0 amide bonds. The molecule has 1 heterocycles. The molecule has 1 aromatic heterocycles. The zero-order valence-electron chi connectivity index (χ0n) is 8.17. The average molecular weight is 220 g/mol. The number of carboxylic acid groups (broad SMARTS) is 1. The Balaban J connectivity index is 2.42. The van der Waals surface area contributed by atoms with Crippen molar-refractivity contribution in [3.63, 3.8) is 0 Å². The van der Waals surface area contributed by atoms with E-state index in [1.807, 2.05) is 0 Å². The maximum atomic E-state index is 11.6. The van der Waals surface area contributed by atoms with Crippen LogP contribution in [0.3, 0.4) is 0 Å². The van der Waals surface area contributed by atoms with Gasteiger partial charge in [0, 0.05) is 0 Å². The highest BCUT2D eigenvalue weighted by atomic mass is 16.6. The van der Waals surface area contributed by atoms with Crippen molar-refractivity contribution >= 4 is 16.9 Å². The Labute approximate surface area is 89.9 Å². The summed E-state index contributed by atoms with van der Waals surface area (Å²) in [6.45, 7) is -0.540. The molecular formula is C11H8O5. The molecule has 1 aromatic carbocycles. The minimum absolute atomic E-state index is 0.0916. The topological polar surface area (TPSA) is 76.7 Å². The number of aliphatic carboxylic acids is 1. The average Bonchev–Trinajstić information content (AvgIpc) is 2.26. The second-order valence-corrected chi connectivity index (χ2v) is 3.11. The number of rotatable bonds is 3. The Morgan fingerprint density at radius 2 is 2.12 bits per heavy atom. The maximum absolute atomic E-state index is 11.6. The fourth-order valence-corrected chi connectivity index (χ4v) is 1.29. The van der Waals surface area contributed by atoms with E-state index in [-0.39, 0.29) is 11.4 Å². The normalized spacial score (nSPS) is 10.2. The van der Waals surface area contributed by atoms with Gasteiger partial charge in [-0.25, -0.2) is 4.79 Å². The van der Waals surface area contributed by atoms with Gasteiger partial charge in [-0.2, -0.15) is 0 Å². The van der Waals surface area contributed by atoms with Crippen LogP contribution in [-0.4, -0.2) is 17.7 Å². The van der Waals surface area contributed by atoms with E-state index in [0.717, 1.165) is 6.07 Å². The summed E-state index contributed by atoms with van der Waals surface area (Å²) in [5, 5.41) is 8.85. The predicted molar refractivity (Wildman–Crippen MR) is 55.6 cm³/mol. The van der Waals surface area contributed by atoms with Gasteiger partial charge in [0.05, 0.1) is 11.5 Å². The number of hydrogen-bond acceptors (Lipinski definition) is 4. The van der Waals surface area contributed by atoms with Crippen LogP contribution >= 0.6 is 0 Å². The van der Waals surface area contributed by atoms with Crippen LogP contribution in [0.15, 0.2) is 39.5 Å². The summed E-state index contributed by atoms with van der Waals surface area (Å²) in [4.78, 5) is 21.8. The van der Waals surface area contributed by atoms with Gasteiger partial charge < -0.3 is 14.3 Å². The molecule has 0 aliphatic heterocycles. The molecule has 0 saturated heterocycles. The molecule has 0 radical (unpaired) electrons. The number of para-hydroxylation sites is 1. The maximum Gasteiger partial charge on any atom is 0.341 e. The molecule has 82 valence electrons. The largest absolute Gasteiger partial charge is 0.479 e. The molecule has 0 atom stereocenters. The summed E-state index contributed by atoms with van der Waals surface area (Å²) in [7, 11) is 0. The van der Waals surface area contributed by atoms with Crippen molar-refractivity contribution in [2.75, 3.05) is 6.61 Å². The molecule has 0 bridgehead atoms. The molecule has 1 N–H and O–H groups in total. The van der Waals surface area contributed by atoms with Crippen molar-refractivity contribution in [3.8, 4) is 5.95 Å². The van der Waals surface area contributed by atoms with E-state index in [4.69, 9.17) is 14.3 Å². The third kappa shape index (κ3) is 2.03. The molecule has 0 saturated carbocycles. The molecule has 0 fully saturated rings. The number of ether oxygens (including phenoxy) is 1. The SMILES string of the molecule is O=C(O)COc1cc(=O)c2ccccc2o1. The highest BCUT2D eigenvalue weighted by molar-refractivity contribution is 5.76. The first-order chi connectivity index (χ1) is 7.66. The molecule has 5 nitrogen and oxygen atoms in total. The summed E-state index contributed by atoms with van der Waals surface area (Å²) in [5.41, 5.74) is 0.109. The lowest BCUT2D eigenvalue weighted by atomic mass is 10.2. The second-order valence-electron chi connectivity index (χ2n) is 3.11. The van der Waals surface area contributed by atoms with E-state index >= 15 is 0 Å². The van der Waals surface area contributed by atoms with Crippen LogP contribution in [0.4, 0.5) is 0 Å². The van der Waals surface area contributed by atoms with Crippen LogP contribution in [0.25, 0.3) is 11.0 Å². The zero-order chi connectivity index (χ0) is 11.5. The Bertz CT molecular complexity index is 584. The quantitative estimate of drug-likeness (QED) is 0.842. The van der Waals surface area contributed by atoms with Gasteiger partial charge in [-0.15, -0.1) is 0 Å². The van der Waals surface area contributed by atoms with Crippen LogP contribution in [0.2, 0.25) is 0 Å². The lowest BCUT2D eigenvalue weighted by Gasteiger charge is -2.02. The molecule has 5 heteroatoms. The second kappa shape index (κ2) is 4.06. The number of fused-ring (bicyclic) bond motifs is 1. The van der Waals surface area contributed by atoms with E-state index < -0.39 is 12.6 Å². The summed E-state index contributed by atoms with van der Waals surface area (Å²) in [5.74, 6) is -1.22. The van der Waals surface area contributed by atoms with Gasteiger partial charge >= 0.3 is 5.97 Å². The number of hydrogen-bond donors (Lipinski definition) is 1. The lowest BCUT2D eigenvalue weighted by molar-refractivity contribution is -0.139. The van der Waals surface area contributed by atoms with Crippen LogP contribution in [0.1, 0.15) is 0 Å². The predicted octanol–water partition coefficient (Wildman–Crippen LogP) is 1.26. The van der Waals surface area contributed by atoms with E-state index in [0.29, 0.717) is 11.0 Å². The van der Waals surface area contributed by atoms with Crippen molar-refractivity contribution < 1.29 is 19.1 Å². The van der Waals surface area contributed by atoms with Gasteiger partial charge in [-0.3, -0.25) is 4.79 Å². The number of carbonyl (C=O) groups is 1. The Morgan fingerprint density at radius 1 is 1.38 bits per heavy atom. The zero-order valence-corrected chi connectivity index (χ0v) is 8.17. The Kier molecular flexibility index (Phi) is 2.59. The lowest BCUT2D eigenvalue weighted by Crippen LogP contribution is -2.11. The van der Waals surface area contributed by atoms with Crippen LogP contribution < -0.4 is 10.2 Å². The third-order valence-corrected chi connectivity index (χ3v) is 1.95. The van der Waals surface area contributed by atoms with Crippen LogP contribution in [0.5, 0.6) is 5.95 Å². The fourth-order valence-electron chi connectivity index (χ4n) is 1.29. The van der Waals surface area contributed by atoms with Gasteiger partial charge in [0.15, 0.2) is 12.0 Å².